The van der Waals surface area contributed by atoms with Crippen molar-refractivity contribution in [1.82, 2.24) is 20.1 Å². The van der Waals surface area contributed by atoms with Crippen molar-refractivity contribution in [3.8, 4) is 11.4 Å². The van der Waals surface area contributed by atoms with E-state index in [0.717, 1.165) is 33.3 Å². The highest BCUT2D eigenvalue weighted by Gasteiger charge is 2.19. The summed E-state index contributed by atoms with van der Waals surface area (Å²) in [6.07, 6.45) is 1.30. The fourth-order valence-corrected chi connectivity index (χ4v) is 4.56. The Morgan fingerprint density at radius 1 is 1.21 bits per heavy atom. The average Bonchev–Trinajstić information content (AvgIpc) is 3.36. The molecule has 3 N–H and O–H groups in total. The number of nitrogens with zero attached hydrogens (tertiary/aromatic N) is 4. The van der Waals surface area contributed by atoms with Crippen LogP contribution >= 0.6 is 11.3 Å². The van der Waals surface area contributed by atoms with E-state index in [-0.39, 0.29) is 6.54 Å². The zero-order valence-corrected chi connectivity index (χ0v) is 19.7. The molecule has 4 rings (SSSR count). The molecule has 3 heterocycles. The molecule has 33 heavy (non-hydrogen) atoms. The monoisotopic (exact) mass is 466 g/mol. The number of anilines is 2. The smallest absolute Gasteiger partial charge is 0.256 e. The average molecular weight is 467 g/mol. The van der Waals surface area contributed by atoms with Gasteiger partial charge in [-0.2, -0.15) is 4.98 Å². The second kappa shape index (κ2) is 9.63. The maximum atomic E-state index is 12.5. The highest BCUT2D eigenvalue weighted by Crippen LogP contribution is 2.27. The molecule has 0 saturated heterocycles. The summed E-state index contributed by atoms with van der Waals surface area (Å²) in [6, 6.07) is 7.62. The van der Waals surface area contributed by atoms with Gasteiger partial charge in [-0.05, 0) is 36.8 Å². The number of hydrogen-bond donors (Lipinski definition) is 3. The molecule has 9 nitrogen and oxygen atoms in total. The standard InChI is InChI=1S/C23H26N6O3S/c1-12(2)9-19-13(3)26-23(33-19)28-22(31)18(30)11-25-21-17-10-16(20-27-14(4)32-29-20)6-5-15(17)7-8-24-21/h5-8,10,12,18,30H,9,11H2,1-4H3,(H,24,25)(H,26,28,31). The lowest BCUT2D eigenvalue weighted by Gasteiger charge is -2.13. The number of aliphatic hydroxyl groups is 1. The van der Waals surface area contributed by atoms with E-state index in [1.807, 2.05) is 31.2 Å². The SMILES string of the molecule is Cc1nc(-c2ccc3ccnc(NCC(O)C(=O)Nc4nc(C)c(CC(C)C)s4)c3c2)no1. The maximum absolute atomic E-state index is 12.5. The highest BCUT2D eigenvalue weighted by molar-refractivity contribution is 7.15. The summed E-state index contributed by atoms with van der Waals surface area (Å²) >= 11 is 1.44. The zero-order chi connectivity index (χ0) is 23.5. The number of fused-ring (bicyclic) bond motifs is 1. The third-order valence-corrected chi connectivity index (χ3v) is 6.13. The molecule has 3 aromatic heterocycles. The summed E-state index contributed by atoms with van der Waals surface area (Å²) in [6.45, 7) is 7.93. The van der Waals surface area contributed by atoms with Gasteiger partial charge in [0.15, 0.2) is 5.13 Å². The number of hydrogen-bond acceptors (Lipinski definition) is 9. The predicted octanol–water partition coefficient (Wildman–Crippen LogP) is 3.97. The van der Waals surface area contributed by atoms with E-state index >= 15 is 0 Å². The van der Waals surface area contributed by atoms with E-state index in [2.05, 4.69) is 44.6 Å². The minimum atomic E-state index is -1.28. The highest BCUT2D eigenvalue weighted by atomic mass is 32.1. The number of rotatable bonds is 8. The van der Waals surface area contributed by atoms with Gasteiger partial charge in [0.2, 0.25) is 11.7 Å². The number of benzene rings is 1. The lowest BCUT2D eigenvalue weighted by atomic mass is 10.1. The third-order valence-electron chi connectivity index (χ3n) is 5.03. The third kappa shape index (κ3) is 5.35. The predicted molar refractivity (Wildman–Crippen MR) is 128 cm³/mol. The molecule has 1 aromatic carbocycles. The van der Waals surface area contributed by atoms with Gasteiger partial charge in [0, 0.05) is 28.9 Å². The first-order valence-electron chi connectivity index (χ1n) is 10.7. The van der Waals surface area contributed by atoms with Crippen LogP contribution in [0, 0.1) is 19.8 Å². The summed E-state index contributed by atoms with van der Waals surface area (Å²) in [4.78, 5) is 26.7. The summed E-state index contributed by atoms with van der Waals surface area (Å²) in [5.41, 5.74) is 1.69. The number of thiazole rings is 1. The normalized spacial score (nSPS) is 12.3. The first-order valence-corrected chi connectivity index (χ1v) is 11.5. The number of pyridine rings is 1. The van der Waals surface area contributed by atoms with Gasteiger partial charge in [0.05, 0.1) is 12.2 Å². The molecule has 10 heteroatoms. The number of carbonyl (C=O) groups excluding carboxylic acids is 1. The van der Waals surface area contributed by atoms with Crippen LogP contribution in [0.3, 0.4) is 0 Å². The van der Waals surface area contributed by atoms with E-state index in [1.54, 1.807) is 13.1 Å². The van der Waals surface area contributed by atoms with Crippen molar-refractivity contribution in [2.75, 3.05) is 17.2 Å². The molecular weight excluding hydrogens is 440 g/mol. The van der Waals surface area contributed by atoms with Crippen LogP contribution in [-0.4, -0.2) is 43.8 Å². The molecule has 1 atom stereocenters. The molecule has 0 radical (unpaired) electrons. The number of aromatic nitrogens is 4. The Morgan fingerprint density at radius 3 is 2.76 bits per heavy atom. The van der Waals surface area contributed by atoms with E-state index in [1.165, 1.54) is 11.3 Å². The van der Waals surface area contributed by atoms with E-state index in [4.69, 9.17) is 4.52 Å². The number of aryl methyl sites for hydroxylation is 2. The van der Waals surface area contributed by atoms with Crippen LogP contribution < -0.4 is 10.6 Å². The molecule has 0 aliphatic carbocycles. The largest absolute Gasteiger partial charge is 0.381 e. The summed E-state index contributed by atoms with van der Waals surface area (Å²) in [5, 5.41) is 22.4. The molecule has 0 fully saturated rings. The lowest BCUT2D eigenvalue weighted by molar-refractivity contribution is -0.123. The Morgan fingerprint density at radius 2 is 2.03 bits per heavy atom. The van der Waals surface area contributed by atoms with Gasteiger partial charge in [-0.3, -0.25) is 10.1 Å². The molecule has 1 amide bonds. The number of nitrogens with one attached hydrogen (secondary N) is 2. The first kappa shape index (κ1) is 22.8. The van der Waals surface area contributed by atoms with Gasteiger partial charge in [-0.1, -0.05) is 31.1 Å². The second-order valence-electron chi connectivity index (χ2n) is 8.24. The van der Waals surface area contributed by atoms with Gasteiger partial charge in [0.1, 0.15) is 11.9 Å². The van der Waals surface area contributed by atoms with Crippen LogP contribution in [0.5, 0.6) is 0 Å². The van der Waals surface area contributed by atoms with Crippen molar-refractivity contribution < 1.29 is 14.4 Å². The van der Waals surface area contributed by atoms with Crippen LogP contribution in [0.4, 0.5) is 10.9 Å². The number of carbonyl (C=O) groups is 1. The molecular formula is C23H26N6O3S. The molecule has 0 bridgehead atoms. The molecule has 172 valence electrons. The van der Waals surface area contributed by atoms with Crippen molar-refractivity contribution in [1.29, 1.82) is 0 Å². The van der Waals surface area contributed by atoms with E-state index in [9.17, 15) is 9.90 Å². The van der Waals surface area contributed by atoms with Crippen molar-refractivity contribution in [2.45, 2.75) is 40.2 Å². The number of amides is 1. The van der Waals surface area contributed by atoms with E-state index < -0.39 is 12.0 Å². The van der Waals surface area contributed by atoms with Crippen molar-refractivity contribution in [3.05, 3.63) is 46.9 Å². The Kier molecular flexibility index (Phi) is 6.66. The topological polar surface area (TPSA) is 126 Å². The molecule has 0 spiro atoms. The van der Waals surface area contributed by atoms with Gasteiger partial charge in [-0.15, -0.1) is 11.3 Å². The molecule has 4 aromatic rings. The minimum Gasteiger partial charge on any atom is -0.381 e. The van der Waals surface area contributed by atoms with Gasteiger partial charge in [0.25, 0.3) is 5.91 Å². The Labute approximate surface area is 195 Å². The first-order chi connectivity index (χ1) is 15.8. The second-order valence-corrected chi connectivity index (χ2v) is 9.33. The van der Waals surface area contributed by atoms with Crippen LogP contribution in [0.15, 0.2) is 35.0 Å². The van der Waals surface area contributed by atoms with Gasteiger partial charge in [-0.25, -0.2) is 9.97 Å². The van der Waals surface area contributed by atoms with Crippen molar-refractivity contribution in [3.63, 3.8) is 0 Å². The van der Waals surface area contributed by atoms with Crippen molar-refractivity contribution >= 4 is 39.0 Å². The van der Waals surface area contributed by atoms with Crippen molar-refractivity contribution in [2.24, 2.45) is 5.92 Å². The van der Waals surface area contributed by atoms with Gasteiger partial charge < -0.3 is 14.9 Å². The molecule has 0 saturated carbocycles. The summed E-state index contributed by atoms with van der Waals surface area (Å²) < 4.78 is 5.07. The fraction of sp³-hybridized carbons (Fsp3) is 0.348. The minimum absolute atomic E-state index is 0.00724. The molecule has 0 aliphatic heterocycles. The Bertz CT molecular complexity index is 1280. The van der Waals surface area contributed by atoms with Gasteiger partial charge >= 0.3 is 0 Å². The van der Waals surface area contributed by atoms with Crippen LogP contribution in [0.1, 0.15) is 30.3 Å². The van der Waals surface area contributed by atoms with Crippen LogP contribution in [0.25, 0.3) is 22.2 Å². The zero-order valence-electron chi connectivity index (χ0n) is 18.9. The lowest BCUT2D eigenvalue weighted by Crippen LogP contribution is -2.33. The Balaban J connectivity index is 1.45. The summed E-state index contributed by atoms with van der Waals surface area (Å²) in [5.74, 6) is 1.50. The summed E-state index contributed by atoms with van der Waals surface area (Å²) in [7, 11) is 0. The molecule has 1 unspecified atom stereocenters. The van der Waals surface area contributed by atoms with E-state index in [0.29, 0.717) is 28.6 Å². The van der Waals surface area contributed by atoms with Crippen LogP contribution in [-0.2, 0) is 11.2 Å². The Hall–Kier alpha value is -3.37. The maximum Gasteiger partial charge on any atom is 0.256 e. The van der Waals surface area contributed by atoms with Crippen LogP contribution in [0.2, 0.25) is 0 Å². The molecule has 0 aliphatic rings. The fourth-order valence-electron chi connectivity index (χ4n) is 3.38. The number of aliphatic hydroxyl groups excluding tert-OH is 1. The quantitative estimate of drug-likeness (QED) is 0.356.